The SMILES string of the molecule is COc1ccc(-c2sc(C)nc2C(=O)O)cn1.Fc1ccc2[nH]cc(CC[N-]CC(F)F)c2c1. The summed E-state index contributed by atoms with van der Waals surface area (Å²) in [5.41, 5.74) is 2.54. The lowest BCUT2D eigenvalue weighted by atomic mass is 10.1. The maximum atomic E-state index is 13.1. The molecule has 0 amide bonds. The van der Waals surface area contributed by atoms with Crippen molar-refractivity contribution in [3.8, 4) is 16.3 Å². The number of fused-ring (bicyclic) bond motifs is 1. The number of carbonyl (C=O) groups is 1. The second kappa shape index (κ2) is 11.6. The summed E-state index contributed by atoms with van der Waals surface area (Å²) in [6.45, 7) is 1.67. The standard InChI is InChI=1S/C12H12F3N2.C11H10N2O3S/c13-9-1-2-11-10(5-9)8(6-17-11)3-4-16-7-12(14)15;1-6-13-9(11(14)15)10(17-6)7-3-4-8(16-2)12-5-7/h1-2,5-6,12,17H,3-4,7H2;3-5H,1-2H3,(H,14,15)/q-1;. The van der Waals surface area contributed by atoms with Crippen molar-refractivity contribution in [3.05, 3.63) is 70.1 Å². The van der Waals surface area contributed by atoms with E-state index in [1.807, 2.05) is 0 Å². The number of halogens is 3. The van der Waals surface area contributed by atoms with Crippen LogP contribution in [0.5, 0.6) is 5.88 Å². The molecule has 4 rings (SSSR count). The zero-order valence-electron chi connectivity index (χ0n) is 18.4. The van der Waals surface area contributed by atoms with Crippen molar-refractivity contribution in [2.75, 3.05) is 20.2 Å². The van der Waals surface area contributed by atoms with E-state index in [0.29, 0.717) is 28.7 Å². The van der Waals surface area contributed by atoms with Crippen LogP contribution in [0.3, 0.4) is 0 Å². The molecule has 0 aliphatic carbocycles. The van der Waals surface area contributed by atoms with Gasteiger partial charge in [-0.1, -0.05) is 6.54 Å². The van der Waals surface area contributed by atoms with Crippen molar-refractivity contribution in [1.82, 2.24) is 15.0 Å². The molecule has 11 heteroatoms. The van der Waals surface area contributed by atoms with E-state index in [-0.39, 0.29) is 11.5 Å². The number of nitrogens with zero attached hydrogens (tertiary/aromatic N) is 3. The monoisotopic (exact) mass is 491 g/mol. The van der Waals surface area contributed by atoms with Gasteiger partial charge in [0.15, 0.2) is 5.69 Å². The van der Waals surface area contributed by atoms with Gasteiger partial charge in [-0.3, -0.25) is 0 Å². The third-order valence-electron chi connectivity index (χ3n) is 4.68. The van der Waals surface area contributed by atoms with Crippen LogP contribution in [0.15, 0.2) is 42.7 Å². The van der Waals surface area contributed by atoms with Gasteiger partial charge in [-0.15, -0.1) is 17.9 Å². The average Bonchev–Trinajstić information content (AvgIpc) is 3.40. The normalized spacial score (nSPS) is 10.9. The first-order valence-corrected chi connectivity index (χ1v) is 11.0. The molecule has 34 heavy (non-hydrogen) atoms. The van der Waals surface area contributed by atoms with Gasteiger partial charge in [0.05, 0.1) is 17.0 Å². The zero-order valence-corrected chi connectivity index (χ0v) is 19.2. The molecule has 0 atom stereocenters. The molecule has 1 aromatic carbocycles. The van der Waals surface area contributed by atoms with Crippen molar-refractivity contribution >= 4 is 28.2 Å². The quantitative estimate of drug-likeness (QED) is 0.308. The lowest BCUT2D eigenvalue weighted by Gasteiger charge is -2.17. The van der Waals surface area contributed by atoms with Crippen LogP contribution in [-0.2, 0) is 6.42 Å². The van der Waals surface area contributed by atoms with E-state index in [2.05, 4.69) is 20.3 Å². The number of hydrogen-bond donors (Lipinski definition) is 2. The third kappa shape index (κ3) is 6.55. The van der Waals surface area contributed by atoms with Crippen LogP contribution in [0, 0.1) is 12.7 Å². The van der Waals surface area contributed by atoms with Gasteiger partial charge in [0.1, 0.15) is 5.82 Å². The summed E-state index contributed by atoms with van der Waals surface area (Å²) in [6, 6.07) is 7.93. The molecule has 0 spiro atoms. The highest BCUT2D eigenvalue weighted by atomic mass is 32.1. The number of aromatic carboxylic acids is 1. The lowest BCUT2D eigenvalue weighted by molar-refractivity contribution is 0.0692. The summed E-state index contributed by atoms with van der Waals surface area (Å²) in [7, 11) is 1.53. The highest BCUT2D eigenvalue weighted by Crippen LogP contribution is 2.30. The molecule has 0 saturated heterocycles. The second-order valence-corrected chi connectivity index (χ2v) is 8.28. The number of aryl methyl sites for hydroxylation is 1. The zero-order chi connectivity index (χ0) is 24.7. The molecule has 0 unspecified atom stereocenters. The van der Waals surface area contributed by atoms with Crippen molar-refractivity contribution in [2.24, 2.45) is 0 Å². The number of H-pyrrole nitrogens is 1. The number of alkyl halides is 2. The summed E-state index contributed by atoms with van der Waals surface area (Å²) in [5, 5.41) is 14.3. The summed E-state index contributed by atoms with van der Waals surface area (Å²) >= 11 is 1.34. The minimum atomic E-state index is -2.39. The van der Waals surface area contributed by atoms with Gasteiger partial charge in [-0.25, -0.2) is 27.9 Å². The number of ether oxygens (including phenoxy) is 1. The molecule has 3 heterocycles. The Balaban J connectivity index is 0.000000191. The minimum Gasteiger partial charge on any atom is -0.657 e. The van der Waals surface area contributed by atoms with Gasteiger partial charge in [-0.05, 0) is 43.2 Å². The number of methoxy groups -OCH3 is 1. The maximum absolute atomic E-state index is 13.1. The maximum Gasteiger partial charge on any atom is 0.356 e. The molecule has 0 fully saturated rings. The van der Waals surface area contributed by atoms with E-state index in [0.717, 1.165) is 22.0 Å². The molecule has 7 nitrogen and oxygen atoms in total. The van der Waals surface area contributed by atoms with E-state index in [1.165, 1.54) is 30.6 Å². The predicted octanol–water partition coefficient (Wildman–Crippen LogP) is 5.71. The molecule has 0 aliphatic rings. The molecule has 4 aromatic rings. The van der Waals surface area contributed by atoms with Crippen LogP contribution in [0.4, 0.5) is 13.2 Å². The van der Waals surface area contributed by atoms with E-state index in [4.69, 9.17) is 9.84 Å². The van der Waals surface area contributed by atoms with Gasteiger partial charge in [0.25, 0.3) is 0 Å². The molecular formula is C23H22F3N4O3S-. The first kappa shape index (κ1) is 25.2. The number of thiazole rings is 1. The van der Waals surface area contributed by atoms with Crippen molar-refractivity contribution in [3.63, 3.8) is 0 Å². The summed E-state index contributed by atoms with van der Waals surface area (Å²) in [4.78, 5) is 22.7. The van der Waals surface area contributed by atoms with E-state index in [1.54, 1.807) is 37.5 Å². The number of carboxylic acids is 1. The second-order valence-electron chi connectivity index (χ2n) is 7.08. The van der Waals surface area contributed by atoms with Crippen LogP contribution in [0.1, 0.15) is 21.1 Å². The Morgan fingerprint density at radius 2 is 2.09 bits per heavy atom. The Bertz CT molecular complexity index is 1240. The van der Waals surface area contributed by atoms with Gasteiger partial charge in [-0.2, -0.15) is 0 Å². The Morgan fingerprint density at radius 1 is 1.29 bits per heavy atom. The number of carboxylic acid groups (broad SMARTS) is 1. The first-order valence-electron chi connectivity index (χ1n) is 10.2. The Labute approximate surface area is 197 Å². The van der Waals surface area contributed by atoms with E-state index in [9.17, 15) is 18.0 Å². The molecule has 0 bridgehead atoms. The van der Waals surface area contributed by atoms with Gasteiger partial charge in [0, 0.05) is 34.9 Å². The summed E-state index contributed by atoms with van der Waals surface area (Å²) in [5.74, 6) is -0.838. The molecule has 0 saturated carbocycles. The first-order chi connectivity index (χ1) is 16.3. The largest absolute Gasteiger partial charge is 0.657 e. The fraction of sp³-hybridized carbons (Fsp3) is 0.261. The Hall–Kier alpha value is -3.44. The average molecular weight is 492 g/mol. The number of rotatable bonds is 8. The van der Waals surface area contributed by atoms with E-state index < -0.39 is 18.9 Å². The number of aromatic nitrogens is 3. The lowest BCUT2D eigenvalue weighted by Crippen LogP contribution is -2.01. The van der Waals surface area contributed by atoms with E-state index >= 15 is 0 Å². The van der Waals surface area contributed by atoms with Crippen molar-refractivity contribution < 1.29 is 27.8 Å². The van der Waals surface area contributed by atoms with Crippen LogP contribution < -0.4 is 4.74 Å². The Morgan fingerprint density at radius 3 is 2.74 bits per heavy atom. The summed E-state index contributed by atoms with van der Waals surface area (Å²) < 4.78 is 41.7. The van der Waals surface area contributed by atoms with Gasteiger partial charge in [0.2, 0.25) is 12.3 Å². The molecule has 2 N–H and O–H groups in total. The Kier molecular flexibility index (Phi) is 8.61. The van der Waals surface area contributed by atoms with Crippen molar-refractivity contribution in [2.45, 2.75) is 19.8 Å². The van der Waals surface area contributed by atoms with Gasteiger partial charge >= 0.3 is 5.97 Å². The highest BCUT2D eigenvalue weighted by molar-refractivity contribution is 7.15. The number of nitrogens with one attached hydrogen (secondary N) is 1. The summed E-state index contributed by atoms with van der Waals surface area (Å²) in [6.07, 6.45) is 1.49. The van der Waals surface area contributed by atoms with Crippen LogP contribution in [0.25, 0.3) is 26.7 Å². The molecular weight excluding hydrogens is 469 g/mol. The van der Waals surface area contributed by atoms with Crippen LogP contribution in [0.2, 0.25) is 0 Å². The van der Waals surface area contributed by atoms with Crippen molar-refractivity contribution in [1.29, 1.82) is 0 Å². The number of pyridine rings is 1. The number of hydrogen-bond acceptors (Lipinski definition) is 5. The van der Waals surface area contributed by atoms with Crippen LogP contribution in [-0.4, -0.2) is 52.7 Å². The molecule has 0 radical (unpaired) electrons. The molecule has 180 valence electrons. The minimum absolute atomic E-state index is 0.0690. The topological polar surface area (TPSA) is 102 Å². The number of aromatic amines is 1. The fourth-order valence-corrected chi connectivity index (χ4v) is 4.05. The smallest absolute Gasteiger partial charge is 0.356 e. The predicted molar refractivity (Wildman–Crippen MR) is 125 cm³/mol. The molecule has 3 aromatic heterocycles. The highest BCUT2D eigenvalue weighted by Gasteiger charge is 2.17. The molecule has 0 aliphatic heterocycles. The fourth-order valence-electron chi connectivity index (χ4n) is 3.15. The number of benzene rings is 1. The van der Waals surface area contributed by atoms with Gasteiger partial charge < -0.3 is 20.1 Å². The van der Waals surface area contributed by atoms with Crippen LogP contribution >= 0.6 is 11.3 Å². The third-order valence-corrected chi connectivity index (χ3v) is 5.70.